The van der Waals surface area contributed by atoms with Crippen molar-refractivity contribution in [1.82, 2.24) is 15.0 Å². The number of likely N-dealkylation sites (tertiary alicyclic amines) is 1. The molecule has 0 N–H and O–H groups in total. The van der Waals surface area contributed by atoms with Crippen molar-refractivity contribution in [3.8, 4) is 0 Å². The lowest BCUT2D eigenvalue weighted by atomic mass is 10.1. The maximum atomic E-state index is 11.7. The van der Waals surface area contributed by atoms with E-state index in [2.05, 4.69) is 10.1 Å². The lowest BCUT2D eigenvalue weighted by Crippen LogP contribution is -2.36. The summed E-state index contributed by atoms with van der Waals surface area (Å²) >= 11 is 0. The number of carbonyl (C=O) groups excluding carboxylic acids is 1. The quantitative estimate of drug-likeness (QED) is 0.816. The lowest BCUT2D eigenvalue weighted by molar-refractivity contribution is -0.133. The van der Waals surface area contributed by atoms with Crippen molar-refractivity contribution in [2.24, 2.45) is 0 Å². The van der Waals surface area contributed by atoms with Crippen LogP contribution in [0.3, 0.4) is 0 Å². The third-order valence-electron chi connectivity index (χ3n) is 3.80. The van der Waals surface area contributed by atoms with Crippen LogP contribution in [0.15, 0.2) is 4.52 Å². The van der Waals surface area contributed by atoms with E-state index in [1.165, 1.54) is 0 Å². The lowest BCUT2D eigenvalue weighted by Gasteiger charge is -2.25. The van der Waals surface area contributed by atoms with Gasteiger partial charge in [-0.1, -0.05) is 5.16 Å². The number of ether oxygens (including phenoxy) is 1. The maximum Gasteiger partial charge on any atom is 0.228 e. The van der Waals surface area contributed by atoms with Gasteiger partial charge in [0, 0.05) is 38.5 Å². The van der Waals surface area contributed by atoms with Crippen molar-refractivity contribution in [3.05, 3.63) is 11.7 Å². The molecule has 0 saturated carbocycles. The van der Waals surface area contributed by atoms with Gasteiger partial charge in [-0.25, -0.2) is 0 Å². The summed E-state index contributed by atoms with van der Waals surface area (Å²) in [5.41, 5.74) is 0. The summed E-state index contributed by atoms with van der Waals surface area (Å²) in [5.74, 6) is 1.89. The highest BCUT2D eigenvalue weighted by molar-refractivity contribution is 5.76. The Bertz CT molecular complexity index is 440. The van der Waals surface area contributed by atoms with E-state index in [-0.39, 0.29) is 11.8 Å². The van der Waals surface area contributed by atoms with Gasteiger partial charge in [0.1, 0.15) is 0 Å². The Balaban J connectivity index is 1.53. The highest BCUT2D eigenvalue weighted by Crippen LogP contribution is 2.22. The van der Waals surface area contributed by atoms with Crippen LogP contribution in [0.5, 0.6) is 0 Å². The average Bonchev–Trinajstić information content (AvgIpc) is 3.09. The van der Waals surface area contributed by atoms with Gasteiger partial charge in [-0.15, -0.1) is 0 Å². The molecule has 0 aromatic carbocycles. The van der Waals surface area contributed by atoms with E-state index in [0.29, 0.717) is 31.9 Å². The van der Waals surface area contributed by atoms with E-state index in [1.54, 1.807) is 0 Å². The van der Waals surface area contributed by atoms with E-state index in [0.717, 1.165) is 38.2 Å². The summed E-state index contributed by atoms with van der Waals surface area (Å²) in [5, 5.41) is 4.01. The number of piperidine rings is 1. The highest BCUT2D eigenvalue weighted by Gasteiger charge is 2.24. The fraction of sp³-hybridized carbons (Fsp3) is 0.769. The van der Waals surface area contributed by atoms with Gasteiger partial charge in [-0.3, -0.25) is 4.79 Å². The Morgan fingerprint density at radius 3 is 3.11 bits per heavy atom. The van der Waals surface area contributed by atoms with E-state index in [4.69, 9.17) is 9.26 Å². The molecule has 1 aromatic heterocycles. The van der Waals surface area contributed by atoms with Crippen molar-refractivity contribution < 1.29 is 14.1 Å². The Morgan fingerprint density at radius 1 is 1.37 bits per heavy atom. The maximum absolute atomic E-state index is 11.7. The number of nitrogens with zero attached hydrogens (tertiary/aromatic N) is 3. The van der Waals surface area contributed by atoms with Gasteiger partial charge < -0.3 is 14.2 Å². The fourth-order valence-electron chi connectivity index (χ4n) is 2.60. The summed E-state index contributed by atoms with van der Waals surface area (Å²) < 4.78 is 10.6. The normalized spacial score (nSPS) is 24.1. The second-order valence-electron chi connectivity index (χ2n) is 5.19. The first-order valence-corrected chi connectivity index (χ1v) is 7.01. The Morgan fingerprint density at radius 2 is 2.32 bits per heavy atom. The highest BCUT2D eigenvalue weighted by atomic mass is 16.5. The predicted octanol–water partition coefficient (Wildman–Crippen LogP) is 1.13. The summed E-state index contributed by atoms with van der Waals surface area (Å²) in [6.45, 7) is 3.00. The van der Waals surface area contributed by atoms with Crippen LogP contribution in [-0.4, -0.2) is 47.3 Å². The molecule has 0 spiro atoms. The molecule has 0 unspecified atom stereocenters. The van der Waals surface area contributed by atoms with E-state index in [9.17, 15) is 4.79 Å². The van der Waals surface area contributed by atoms with Crippen molar-refractivity contribution in [2.45, 2.75) is 38.0 Å². The number of aromatic nitrogens is 2. The van der Waals surface area contributed by atoms with Gasteiger partial charge >= 0.3 is 0 Å². The van der Waals surface area contributed by atoms with Crippen LogP contribution < -0.4 is 0 Å². The Labute approximate surface area is 112 Å². The number of hydrogen-bond acceptors (Lipinski definition) is 5. The van der Waals surface area contributed by atoms with Crippen LogP contribution in [-0.2, 0) is 16.0 Å². The molecule has 0 radical (unpaired) electrons. The van der Waals surface area contributed by atoms with Crippen molar-refractivity contribution in [3.63, 3.8) is 0 Å². The summed E-state index contributed by atoms with van der Waals surface area (Å²) in [7, 11) is 0. The first-order valence-electron chi connectivity index (χ1n) is 7.01. The van der Waals surface area contributed by atoms with Gasteiger partial charge in [-0.2, -0.15) is 4.98 Å². The van der Waals surface area contributed by atoms with Crippen molar-refractivity contribution >= 4 is 5.91 Å². The van der Waals surface area contributed by atoms with Gasteiger partial charge in [0.15, 0.2) is 5.82 Å². The van der Waals surface area contributed by atoms with Crippen molar-refractivity contribution in [2.75, 3.05) is 26.3 Å². The third-order valence-corrected chi connectivity index (χ3v) is 3.80. The minimum Gasteiger partial charge on any atom is -0.381 e. The van der Waals surface area contributed by atoms with Gasteiger partial charge in [0.2, 0.25) is 11.8 Å². The van der Waals surface area contributed by atoms with Crippen LogP contribution in [0.1, 0.15) is 43.3 Å². The minimum atomic E-state index is 0.246. The molecular weight excluding hydrogens is 246 g/mol. The molecule has 6 nitrogen and oxygen atoms in total. The van der Waals surface area contributed by atoms with Crippen LogP contribution in [0.4, 0.5) is 0 Å². The molecule has 19 heavy (non-hydrogen) atoms. The molecule has 0 bridgehead atoms. The van der Waals surface area contributed by atoms with E-state index < -0.39 is 0 Å². The summed E-state index contributed by atoms with van der Waals surface area (Å²) in [6, 6.07) is 0. The molecule has 6 heteroatoms. The fourth-order valence-corrected chi connectivity index (χ4v) is 2.60. The molecule has 1 atom stereocenters. The molecule has 3 heterocycles. The van der Waals surface area contributed by atoms with Gasteiger partial charge in [0.25, 0.3) is 0 Å². The zero-order valence-electron chi connectivity index (χ0n) is 11.0. The zero-order chi connectivity index (χ0) is 13.1. The van der Waals surface area contributed by atoms with E-state index in [1.807, 2.05) is 4.90 Å². The molecule has 104 valence electrons. The smallest absolute Gasteiger partial charge is 0.228 e. The monoisotopic (exact) mass is 265 g/mol. The third kappa shape index (κ3) is 2.94. The van der Waals surface area contributed by atoms with E-state index >= 15 is 0 Å². The second-order valence-corrected chi connectivity index (χ2v) is 5.19. The molecule has 2 saturated heterocycles. The summed E-state index contributed by atoms with van der Waals surface area (Å²) in [4.78, 5) is 18.0. The molecule has 1 amide bonds. The zero-order valence-corrected chi connectivity index (χ0v) is 11.0. The molecule has 1 aromatic rings. The van der Waals surface area contributed by atoms with Crippen LogP contribution >= 0.6 is 0 Å². The number of carbonyl (C=O) groups is 1. The molecule has 2 fully saturated rings. The number of hydrogen-bond donors (Lipinski definition) is 0. The number of amides is 1. The first kappa shape index (κ1) is 12.6. The predicted molar refractivity (Wildman–Crippen MR) is 66.6 cm³/mol. The minimum absolute atomic E-state index is 0.246. The first-order chi connectivity index (χ1) is 9.33. The number of rotatable bonds is 4. The molecule has 3 rings (SSSR count). The van der Waals surface area contributed by atoms with Crippen LogP contribution in [0.25, 0.3) is 0 Å². The second kappa shape index (κ2) is 5.69. The Kier molecular flexibility index (Phi) is 3.77. The Hall–Kier alpha value is -1.43. The average molecular weight is 265 g/mol. The topological polar surface area (TPSA) is 68.5 Å². The van der Waals surface area contributed by atoms with Crippen LogP contribution in [0, 0.1) is 0 Å². The molecular formula is C13H19N3O3. The standard InChI is InChI=1S/C13H19N3O3/c17-12-3-1-2-6-16(12)7-4-11-14-13(15-19-11)10-5-8-18-9-10/h10H,1-9H2/t10-/m1/s1. The van der Waals surface area contributed by atoms with Crippen molar-refractivity contribution in [1.29, 1.82) is 0 Å². The summed E-state index contributed by atoms with van der Waals surface area (Å²) in [6.07, 6.45) is 4.40. The largest absolute Gasteiger partial charge is 0.381 e. The van der Waals surface area contributed by atoms with Gasteiger partial charge in [0.05, 0.1) is 6.61 Å². The molecule has 2 aliphatic rings. The van der Waals surface area contributed by atoms with Crippen LogP contribution in [0.2, 0.25) is 0 Å². The van der Waals surface area contributed by atoms with Gasteiger partial charge in [-0.05, 0) is 19.3 Å². The SMILES string of the molecule is O=C1CCCCN1CCc1nc([C@@H]2CCOC2)no1. The molecule has 2 aliphatic heterocycles. The molecule has 0 aliphatic carbocycles.